The maximum atomic E-state index is 2.30. The Morgan fingerprint density at radius 2 is 0.759 bits per heavy atom. The lowest BCUT2D eigenvalue weighted by Gasteiger charge is -2.09. The second-order valence-corrected chi connectivity index (χ2v) is 5.82. The molecule has 1 aliphatic carbocycles. The van der Waals surface area contributed by atoms with Gasteiger partial charge in [-0.25, -0.2) is 0 Å². The number of benzene rings is 4. The van der Waals surface area contributed by atoms with Gasteiger partial charge in [0, 0.05) is 0 Å². The van der Waals surface area contributed by atoms with Crippen LogP contribution >= 0.6 is 0 Å². The molecule has 0 N–H and O–H groups in total. The van der Waals surface area contributed by atoms with Crippen LogP contribution in [0, 0.1) is 0 Å². The van der Waals surface area contributed by atoms with E-state index < -0.39 is 0 Å². The molecule has 0 fully saturated rings. The highest BCUT2D eigenvalue weighted by Gasteiger charge is 2.22. The van der Waals surface area contributed by atoms with Crippen molar-refractivity contribution in [1.29, 1.82) is 0 Å². The molecule has 0 saturated heterocycles. The van der Waals surface area contributed by atoms with E-state index in [2.05, 4.69) is 72.8 Å². The molecule has 4 aromatic carbocycles. The van der Waals surface area contributed by atoms with Crippen LogP contribution in [0.15, 0.2) is 72.8 Å². The number of rotatable bonds is 0. The Morgan fingerprint density at radius 1 is 0.414 bits per heavy atom. The van der Waals surface area contributed by atoms with Gasteiger partial charge in [0.1, 0.15) is 0 Å². The lowest BCUT2D eigenvalue weighted by atomic mass is 9.94. The van der Waals surface area contributed by atoms with Gasteiger partial charge < -0.3 is 0 Å². The normalized spacial score (nSPS) is 9.93. The molecule has 0 aromatic heterocycles. The molecular weight excluding hydrogens is 348 g/mol. The fourth-order valence-corrected chi connectivity index (χ4v) is 3.72. The molecule has 29 heavy (non-hydrogen) atoms. The van der Waals surface area contributed by atoms with Crippen LogP contribution in [0.5, 0.6) is 0 Å². The third-order valence-electron chi connectivity index (χ3n) is 4.66. The summed E-state index contributed by atoms with van der Waals surface area (Å²) in [6.45, 7) is 16.0. The van der Waals surface area contributed by atoms with Gasteiger partial charge in [-0.1, -0.05) is 128 Å². The van der Waals surface area contributed by atoms with Crippen molar-refractivity contribution in [3.05, 3.63) is 83.9 Å². The van der Waals surface area contributed by atoms with Gasteiger partial charge in [0.05, 0.1) is 0 Å². The fraction of sp³-hybridized carbons (Fsp3) is 0.310. The molecule has 5 rings (SSSR count). The van der Waals surface area contributed by atoms with Crippen LogP contribution in [0.3, 0.4) is 0 Å². The van der Waals surface area contributed by atoms with E-state index in [1.165, 1.54) is 43.8 Å². The first-order valence-electron chi connectivity index (χ1n) is 11.4. The number of hydrogen-bond donors (Lipinski definition) is 0. The molecule has 154 valence electrons. The molecule has 0 amide bonds. The largest absolute Gasteiger partial charge is 0.0683 e. The molecule has 0 heteroatoms. The molecule has 0 unspecified atom stereocenters. The maximum absolute atomic E-state index is 2.30. The van der Waals surface area contributed by atoms with Crippen LogP contribution in [-0.4, -0.2) is 0 Å². The van der Waals surface area contributed by atoms with E-state index in [1.807, 2.05) is 55.4 Å². The van der Waals surface area contributed by atoms with Gasteiger partial charge >= 0.3 is 0 Å². The molecule has 0 bridgehead atoms. The summed E-state index contributed by atoms with van der Waals surface area (Å²) in [6, 6.07) is 26.6. The molecule has 0 atom stereocenters. The number of hydrogen-bond acceptors (Lipinski definition) is 0. The molecule has 0 saturated carbocycles. The van der Waals surface area contributed by atoms with Crippen LogP contribution in [0.1, 0.15) is 66.5 Å². The van der Waals surface area contributed by atoms with E-state index in [0.29, 0.717) is 0 Å². The van der Waals surface area contributed by atoms with Crippen molar-refractivity contribution in [3.8, 4) is 11.1 Å². The Kier molecular flexibility index (Phi) is 10.8. The van der Waals surface area contributed by atoms with Crippen molar-refractivity contribution in [2.75, 3.05) is 0 Å². The molecule has 0 spiro atoms. The second kappa shape index (κ2) is 12.8. The summed E-state index contributed by atoms with van der Waals surface area (Å²) in [7, 11) is 0. The van der Waals surface area contributed by atoms with Crippen LogP contribution in [0.2, 0.25) is 0 Å². The summed E-state index contributed by atoms with van der Waals surface area (Å²) >= 11 is 0. The smallest absolute Gasteiger partial charge is 0.00130 e. The minimum Gasteiger partial charge on any atom is -0.0683 e. The summed E-state index contributed by atoms with van der Waals surface area (Å²) in [5.74, 6) is 0. The predicted molar refractivity (Wildman–Crippen MR) is 135 cm³/mol. The maximum Gasteiger partial charge on any atom is -0.00130 e. The zero-order valence-corrected chi connectivity index (χ0v) is 19.6. The lowest BCUT2D eigenvalue weighted by Crippen LogP contribution is -1.83. The highest BCUT2D eigenvalue weighted by atomic mass is 14.3. The third-order valence-corrected chi connectivity index (χ3v) is 4.66. The van der Waals surface area contributed by atoms with Gasteiger partial charge in [-0.15, -0.1) is 0 Å². The monoisotopic (exact) mass is 386 g/mol. The Hall–Kier alpha value is -2.60. The van der Waals surface area contributed by atoms with Gasteiger partial charge in [0.15, 0.2) is 0 Å². The van der Waals surface area contributed by atoms with Gasteiger partial charge in [0.2, 0.25) is 0 Å². The first kappa shape index (κ1) is 24.4. The topological polar surface area (TPSA) is 0 Å². The Bertz CT molecular complexity index is 926. The van der Waals surface area contributed by atoms with E-state index in [4.69, 9.17) is 0 Å². The van der Waals surface area contributed by atoms with Crippen molar-refractivity contribution in [3.63, 3.8) is 0 Å². The van der Waals surface area contributed by atoms with E-state index >= 15 is 0 Å². The van der Waals surface area contributed by atoms with Crippen molar-refractivity contribution in [1.82, 2.24) is 0 Å². The zero-order chi connectivity index (χ0) is 21.8. The van der Waals surface area contributed by atoms with Crippen LogP contribution in [-0.2, 0) is 6.42 Å². The standard InChI is InChI=1S/C21H14.4C2H6/c1-3-7-18-14(5-1)9-11-16-13-17-12-10-15-6-2-4-8-19(15)21(17)20(16)18;4*1-2/h1-12H,13H2;4*1-2H3. The summed E-state index contributed by atoms with van der Waals surface area (Å²) in [4.78, 5) is 0. The minimum atomic E-state index is 1.06. The fourth-order valence-electron chi connectivity index (χ4n) is 3.72. The third kappa shape index (κ3) is 4.88. The van der Waals surface area contributed by atoms with Crippen LogP contribution in [0.4, 0.5) is 0 Å². The zero-order valence-electron chi connectivity index (χ0n) is 19.6. The molecule has 0 radical (unpaired) electrons. The quantitative estimate of drug-likeness (QED) is 0.248. The average molecular weight is 387 g/mol. The Balaban J connectivity index is 0.000000475. The molecule has 4 aromatic rings. The molecular formula is C29H38. The SMILES string of the molecule is CC.CC.CC.CC.c1ccc2c3c(ccc2c1)Cc1ccc2ccccc2c1-3. The predicted octanol–water partition coefficient (Wildman–Crippen LogP) is 9.67. The second-order valence-electron chi connectivity index (χ2n) is 5.82. The molecule has 0 heterocycles. The lowest BCUT2D eigenvalue weighted by molar-refractivity contribution is 1.27. The molecule has 1 aliphatic rings. The first-order chi connectivity index (χ1) is 14.4. The van der Waals surface area contributed by atoms with Gasteiger partial charge in [-0.2, -0.15) is 0 Å². The summed E-state index contributed by atoms with van der Waals surface area (Å²) < 4.78 is 0. The average Bonchev–Trinajstić information content (AvgIpc) is 3.24. The summed E-state index contributed by atoms with van der Waals surface area (Å²) in [5, 5.41) is 5.42. The summed E-state index contributed by atoms with van der Waals surface area (Å²) in [6.07, 6.45) is 1.06. The van der Waals surface area contributed by atoms with E-state index in [9.17, 15) is 0 Å². The van der Waals surface area contributed by atoms with Gasteiger partial charge in [-0.05, 0) is 50.2 Å². The van der Waals surface area contributed by atoms with Gasteiger partial charge in [-0.3, -0.25) is 0 Å². The van der Waals surface area contributed by atoms with Crippen molar-refractivity contribution in [2.24, 2.45) is 0 Å². The minimum absolute atomic E-state index is 1.06. The van der Waals surface area contributed by atoms with E-state index in [-0.39, 0.29) is 0 Å². The van der Waals surface area contributed by atoms with Crippen molar-refractivity contribution < 1.29 is 0 Å². The van der Waals surface area contributed by atoms with Gasteiger partial charge in [0.25, 0.3) is 0 Å². The van der Waals surface area contributed by atoms with Crippen molar-refractivity contribution in [2.45, 2.75) is 61.8 Å². The molecule has 0 nitrogen and oxygen atoms in total. The Labute approximate surface area is 178 Å². The first-order valence-corrected chi connectivity index (χ1v) is 11.4. The molecule has 0 aliphatic heterocycles. The van der Waals surface area contributed by atoms with E-state index in [1.54, 1.807) is 0 Å². The highest BCUT2D eigenvalue weighted by molar-refractivity contribution is 6.09. The number of fused-ring (bicyclic) bond motifs is 7. The van der Waals surface area contributed by atoms with Crippen LogP contribution in [0.25, 0.3) is 32.7 Å². The van der Waals surface area contributed by atoms with Crippen molar-refractivity contribution >= 4 is 21.5 Å². The van der Waals surface area contributed by atoms with E-state index in [0.717, 1.165) is 6.42 Å². The Morgan fingerprint density at radius 3 is 1.14 bits per heavy atom. The highest BCUT2D eigenvalue weighted by Crippen LogP contribution is 2.44. The summed E-state index contributed by atoms with van der Waals surface area (Å²) in [5.41, 5.74) is 5.81. The van der Waals surface area contributed by atoms with Crippen LogP contribution < -0.4 is 0 Å².